The summed E-state index contributed by atoms with van der Waals surface area (Å²) >= 11 is 12.2. The van der Waals surface area contributed by atoms with Gasteiger partial charge in [-0.2, -0.15) is 0 Å². The molecule has 2 rings (SSSR count). The van der Waals surface area contributed by atoms with Crippen LogP contribution in [-0.4, -0.2) is 9.97 Å². The van der Waals surface area contributed by atoms with E-state index in [4.69, 9.17) is 28.9 Å². The Morgan fingerprint density at radius 3 is 2.24 bits per heavy atom. The van der Waals surface area contributed by atoms with Crippen LogP contribution >= 0.6 is 23.2 Å². The molecule has 0 fully saturated rings. The Kier molecular flexibility index (Phi) is 3.94. The van der Waals surface area contributed by atoms with Crippen LogP contribution in [0.5, 0.6) is 0 Å². The lowest BCUT2D eigenvalue weighted by molar-refractivity contribution is 0.667. The molecule has 17 heavy (non-hydrogen) atoms. The molecular formula is C12H11Cl2N3. The maximum absolute atomic E-state index is 6.08. The standard InChI is InChI=1S/C12H11Cl2N3/c13-9-3-1-4-10(14)8(9)7-11(15)12-16-5-2-6-17-12/h1-6,11H,7,15H2. The van der Waals surface area contributed by atoms with E-state index in [1.54, 1.807) is 36.7 Å². The number of aromatic nitrogens is 2. The van der Waals surface area contributed by atoms with E-state index in [2.05, 4.69) is 9.97 Å². The van der Waals surface area contributed by atoms with Crippen molar-refractivity contribution in [2.75, 3.05) is 0 Å². The molecule has 1 aromatic heterocycles. The van der Waals surface area contributed by atoms with E-state index in [0.717, 1.165) is 5.56 Å². The lowest BCUT2D eigenvalue weighted by atomic mass is 10.1. The predicted octanol–water partition coefficient (Wildman–Crippen LogP) is 3.03. The summed E-state index contributed by atoms with van der Waals surface area (Å²) in [5.74, 6) is 0.587. The molecule has 1 aromatic carbocycles. The number of nitrogens with two attached hydrogens (primary N) is 1. The van der Waals surface area contributed by atoms with E-state index < -0.39 is 0 Å². The zero-order valence-corrected chi connectivity index (χ0v) is 10.5. The van der Waals surface area contributed by atoms with E-state index in [-0.39, 0.29) is 6.04 Å². The summed E-state index contributed by atoms with van der Waals surface area (Å²) in [6, 6.07) is 6.83. The van der Waals surface area contributed by atoms with Gasteiger partial charge in [-0.25, -0.2) is 9.97 Å². The minimum absolute atomic E-state index is 0.311. The van der Waals surface area contributed by atoms with Gasteiger partial charge < -0.3 is 5.73 Å². The van der Waals surface area contributed by atoms with Gasteiger partial charge in [-0.3, -0.25) is 0 Å². The fourth-order valence-electron chi connectivity index (χ4n) is 1.54. The van der Waals surface area contributed by atoms with Gasteiger partial charge in [0.25, 0.3) is 0 Å². The molecule has 0 saturated carbocycles. The first-order valence-corrected chi connectivity index (χ1v) is 5.89. The van der Waals surface area contributed by atoms with Gasteiger partial charge in [-0.05, 0) is 30.2 Å². The largest absolute Gasteiger partial charge is 0.321 e. The lowest BCUT2D eigenvalue weighted by Crippen LogP contribution is -2.16. The van der Waals surface area contributed by atoms with Crippen molar-refractivity contribution in [1.29, 1.82) is 0 Å². The van der Waals surface area contributed by atoms with Crippen molar-refractivity contribution < 1.29 is 0 Å². The smallest absolute Gasteiger partial charge is 0.145 e. The first-order chi connectivity index (χ1) is 8.18. The SMILES string of the molecule is NC(Cc1c(Cl)cccc1Cl)c1ncccn1. The molecule has 0 saturated heterocycles. The first kappa shape index (κ1) is 12.3. The van der Waals surface area contributed by atoms with Gasteiger partial charge in [-0.15, -0.1) is 0 Å². The van der Waals surface area contributed by atoms with Crippen molar-refractivity contribution in [2.45, 2.75) is 12.5 Å². The van der Waals surface area contributed by atoms with Crippen LogP contribution in [0, 0.1) is 0 Å². The molecule has 2 aromatic rings. The van der Waals surface area contributed by atoms with E-state index in [9.17, 15) is 0 Å². The fraction of sp³-hybridized carbons (Fsp3) is 0.167. The molecule has 5 heteroatoms. The maximum Gasteiger partial charge on any atom is 0.145 e. The third kappa shape index (κ3) is 2.94. The normalized spacial score (nSPS) is 12.4. The minimum atomic E-state index is -0.311. The molecule has 0 bridgehead atoms. The van der Waals surface area contributed by atoms with Crippen LogP contribution in [0.25, 0.3) is 0 Å². The third-order valence-electron chi connectivity index (χ3n) is 2.40. The molecule has 0 spiro atoms. The Morgan fingerprint density at radius 1 is 1.06 bits per heavy atom. The summed E-state index contributed by atoms with van der Waals surface area (Å²) in [5, 5.41) is 1.23. The van der Waals surface area contributed by atoms with E-state index >= 15 is 0 Å². The zero-order valence-electron chi connectivity index (χ0n) is 8.98. The number of halogens is 2. The second-order valence-corrected chi connectivity index (χ2v) is 4.43. The molecule has 0 radical (unpaired) electrons. The Labute approximate surface area is 110 Å². The molecule has 1 unspecified atom stereocenters. The molecule has 1 atom stereocenters. The summed E-state index contributed by atoms with van der Waals surface area (Å²) in [5.41, 5.74) is 6.85. The van der Waals surface area contributed by atoms with Gasteiger partial charge in [0, 0.05) is 22.4 Å². The van der Waals surface area contributed by atoms with Crippen LogP contribution in [0.1, 0.15) is 17.4 Å². The average Bonchev–Trinajstić information content (AvgIpc) is 2.35. The predicted molar refractivity (Wildman–Crippen MR) is 69.1 cm³/mol. The van der Waals surface area contributed by atoms with Crippen molar-refractivity contribution in [3.63, 3.8) is 0 Å². The summed E-state index contributed by atoms with van der Waals surface area (Å²) in [6.07, 6.45) is 3.84. The highest BCUT2D eigenvalue weighted by atomic mass is 35.5. The number of benzene rings is 1. The molecule has 0 aliphatic carbocycles. The minimum Gasteiger partial charge on any atom is -0.321 e. The summed E-state index contributed by atoms with van der Waals surface area (Å²) in [7, 11) is 0. The Balaban J connectivity index is 2.22. The van der Waals surface area contributed by atoms with Crippen LogP contribution in [0.3, 0.4) is 0 Å². The van der Waals surface area contributed by atoms with Gasteiger partial charge in [0.05, 0.1) is 6.04 Å². The maximum atomic E-state index is 6.08. The average molecular weight is 268 g/mol. The first-order valence-electron chi connectivity index (χ1n) is 5.14. The number of hydrogen-bond donors (Lipinski definition) is 1. The monoisotopic (exact) mass is 267 g/mol. The highest BCUT2D eigenvalue weighted by molar-refractivity contribution is 6.35. The van der Waals surface area contributed by atoms with Gasteiger partial charge in [0.1, 0.15) is 5.82 Å². The number of rotatable bonds is 3. The number of hydrogen-bond acceptors (Lipinski definition) is 3. The van der Waals surface area contributed by atoms with Crippen molar-refractivity contribution >= 4 is 23.2 Å². The quantitative estimate of drug-likeness (QED) is 0.930. The van der Waals surface area contributed by atoms with Gasteiger partial charge in [0.15, 0.2) is 0 Å². The van der Waals surface area contributed by atoms with Crippen LogP contribution in [0.4, 0.5) is 0 Å². The van der Waals surface area contributed by atoms with Crippen molar-refractivity contribution in [3.8, 4) is 0 Å². The summed E-state index contributed by atoms with van der Waals surface area (Å²) in [6.45, 7) is 0. The van der Waals surface area contributed by atoms with Crippen molar-refractivity contribution in [1.82, 2.24) is 9.97 Å². The van der Waals surface area contributed by atoms with Crippen molar-refractivity contribution in [2.24, 2.45) is 5.73 Å². The molecule has 2 N–H and O–H groups in total. The Bertz CT molecular complexity index is 482. The third-order valence-corrected chi connectivity index (χ3v) is 3.11. The molecule has 0 aliphatic rings. The summed E-state index contributed by atoms with van der Waals surface area (Å²) in [4.78, 5) is 8.22. The van der Waals surface area contributed by atoms with Crippen LogP contribution in [-0.2, 0) is 6.42 Å². The van der Waals surface area contributed by atoms with Gasteiger partial charge >= 0.3 is 0 Å². The second kappa shape index (κ2) is 5.45. The van der Waals surface area contributed by atoms with Crippen molar-refractivity contribution in [3.05, 3.63) is 58.1 Å². The molecule has 1 heterocycles. The molecule has 0 aliphatic heterocycles. The van der Waals surface area contributed by atoms with Crippen LogP contribution < -0.4 is 5.73 Å². The van der Waals surface area contributed by atoms with E-state index in [1.807, 2.05) is 0 Å². The Morgan fingerprint density at radius 2 is 1.65 bits per heavy atom. The lowest BCUT2D eigenvalue weighted by Gasteiger charge is -2.12. The second-order valence-electron chi connectivity index (χ2n) is 3.62. The zero-order chi connectivity index (χ0) is 12.3. The van der Waals surface area contributed by atoms with Crippen LogP contribution in [0.2, 0.25) is 10.0 Å². The fourth-order valence-corrected chi connectivity index (χ4v) is 2.09. The van der Waals surface area contributed by atoms with Gasteiger partial charge in [0.2, 0.25) is 0 Å². The van der Waals surface area contributed by atoms with E-state index in [0.29, 0.717) is 22.3 Å². The molecule has 88 valence electrons. The molecular weight excluding hydrogens is 257 g/mol. The highest BCUT2D eigenvalue weighted by Gasteiger charge is 2.13. The van der Waals surface area contributed by atoms with E-state index in [1.165, 1.54) is 0 Å². The van der Waals surface area contributed by atoms with Crippen LogP contribution in [0.15, 0.2) is 36.7 Å². The Hall–Kier alpha value is -1.16. The van der Waals surface area contributed by atoms with Gasteiger partial charge in [-0.1, -0.05) is 29.3 Å². The number of nitrogens with zero attached hydrogens (tertiary/aromatic N) is 2. The summed E-state index contributed by atoms with van der Waals surface area (Å²) < 4.78 is 0. The molecule has 0 amide bonds. The topological polar surface area (TPSA) is 51.8 Å². The highest BCUT2D eigenvalue weighted by Crippen LogP contribution is 2.27. The molecule has 3 nitrogen and oxygen atoms in total.